The third-order valence-electron chi connectivity index (χ3n) is 2.16. The standard InChI is InChI=1S/C12H10ClFN2S/c13-9-4-3-8(6-10(9)14)7-17-12-11(15)2-1-5-16-12/h1-6H,7,15H2. The summed E-state index contributed by atoms with van der Waals surface area (Å²) in [7, 11) is 0. The smallest absolute Gasteiger partial charge is 0.142 e. The van der Waals surface area contributed by atoms with Crippen molar-refractivity contribution in [2.45, 2.75) is 10.8 Å². The Balaban J connectivity index is 2.08. The van der Waals surface area contributed by atoms with Gasteiger partial charge in [0.05, 0.1) is 10.7 Å². The maximum Gasteiger partial charge on any atom is 0.142 e. The second kappa shape index (κ2) is 5.38. The average molecular weight is 269 g/mol. The molecule has 0 saturated heterocycles. The molecular weight excluding hydrogens is 259 g/mol. The molecule has 5 heteroatoms. The number of nitrogen functional groups attached to an aromatic ring is 1. The van der Waals surface area contributed by atoms with Crippen LogP contribution in [0, 0.1) is 5.82 Å². The number of anilines is 1. The number of nitrogens with two attached hydrogens (primary N) is 1. The number of hydrogen-bond acceptors (Lipinski definition) is 3. The van der Waals surface area contributed by atoms with E-state index in [-0.39, 0.29) is 5.02 Å². The number of nitrogens with zero attached hydrogens (tertiary/aromatic N) is 1. The Bertz CT molecular complexity index is 534. The molecule has 0 fully saturated rings. The van der Waals surface area contributed by atoms with E-state index in [1.54, 1.807) is 30.5 Å². The molecule has 2 rings (SSSR count). The van der Waals surface area contributed by atoms with Gasteiger partial charge in [-0.1, -0.05) is 29.4 Å². The highest BCUT2D eigenvalue weighted by Gasteiger charge is 2.04. The number of benzene rings is 1. The van der Waals surface area contributed by atoms with E-state index in [1.165, 1.54) is 17.8 Å². The van der Waals surface area contributed by atoms with Gasteiger partial charge in [-0.05, 0) is 29.8 Å². The summed E-state index contributed by atoms with van der Waals surface area (Å²) < 4.78 is 13.2. The van der Waals surface area contributed by atoms with Crippen molar-refractivity contribution in [2.24, 2.45) is 0 Å². The molecule has 2 N–H and O–H groups in total. The van der Waals surface area contributed by atoms with Crippen molar-refractivity contribution in [1.29, 1.82) is 0 Å². The summed E-state index contributed by atoms with van der Waals surface area (Å²) in [4.78, 5) is 4.15. The summed E-state index contributed by atoms with van der Waals surface area (Å²) in [6.45, 7) is 0. The van der Waals surface area contributed by atoms with Crippen molar-refractivity contribution >= 4 is 29.1 Å². The fraction of sp³-hybridized carbons (Fsp3) is 0.0833. The van der Waals surface area contributed by atoms with Gasteiger partial charge >= 0.3 is 0 Å². The van der Waals surface area contributed by atoms with Crippen LogP contribution >= 0.6 is 23.4 Å². The first-order valence-electron chi connectivity index (χ1n) is 4.94. The minimum atomic E-state index is -0.404. The third-order valence-corrected chi connectivity index (χ3v) is 3.56. The zero-order valence-electron chi connectivity index (χ0n) is 8.86. The van der Waals surface area contributed by atoms with E-state index in [1.807, 2.05) is 0 Å². The van der Waals surface area contributed by atoms with E-state index in [4.69, 9.17) is 17.3 Å². The molecule has 0 amide bonds. The van der Waals surface area contributed by atoms with Crippen LogP contribution in [0.3, 0.4) is 0 Å². The normalized spacial score (nSPS) is 10.5. The molecule has 0 aliphatic carbocycles. The van der Waals surface area contributed by atoms with Gasteiger partial charge in [0.2, 0.25) is 0 Å². The lowest BCUT2D eigenvalue weighted by Crippen LogP contribution is -1.91. The second-order valence-corrected chi connectivity index (χ2v) is 4.81. The number of halogens is 2. The molecular formula is C12H10ClFN2S. The fourth-order valence-corrected chi connectivity index (χ4v) is 2.28. The van der Waals surface area contributed by atoms with Crippen LogP contribution in [-0.2, 0) is 5.75 Å². The Kier molecular flexibility index (Phi) is 3.86. The quantitative estimate of drug-likeness (QED) is 0.862. The van der Waals surface area contributed by atoms with Crippen molar-refractivity contribution in [3.63, 3.8) is 0 Å². The number of pyridine rings is 1. The fourth-order valence-electron chi connectivity index (χ4n) is 1.30. The van der Waals surface area contributed by atoms with Crippen LogP contribution in [0.5, 0.6) is 0 Å². The minimum absolute atomic E-state index is 0.135. The Morgan fingerprint density at radius 1 is 1.35 bits per heavy atom. The molecule has 88 valence electrons. The minimum Gasteiger partial charge on any atom is -0.397 e. The van der Waals surface area contributed by atoms with Crippen LogP contribution in [-0.4, -0.2) is 4.98 Å². The molecule has 0 bridgehead atoms. The maximum absolute atomic E-state index is 13.2. The summed E-state index contributed by atoms with van der Waals surface area (Å²) in [5.41, 5.74) is 7.24. The Morgan fingerprint density at radius 3 is 2.88 bits per heavy atom. The molecule has 1 heterocycles. The first-order chi connectivity index (χ1) is 8.16. The predicted octanol–water partition coefficient (Wildman–Crippen LogP) is 3.75. The summed E-state index contributed by atoms with van der Waals surface area (Å²) in [5, 5.41) is 0.888. The van der Waals surface area contributed by atoms with E-state index in [0.717, 1.165) is 10.6 Å². The molecule has 0 aliphatic rings. The van der Waals surface area contributed by atoms with Crippen molar-refractivity contribution in [2.75, 3.05) is 5.73 Å². The van der Waals surface area contributed by atoms with E-state index in [0.29, 0.717) is 11.4 Å². The van der Waals surface area contributed by atoms with Gasteiger partial charge in [-0.25, -0.2) is 9.37 Å². The molecule has 0 radical (unpaired) electrons. The number of thioether (sulfide) groups is 1. The SMILES string of the molecule is Nc1cccnc1SCc1ccc(Cl)c(F)c1. The molecule has 0 spiro atoms. The molecule has 2 nitrogen and oxygen atoms in total. The van der Waals surface area contributed by atoms with Crippen molar-refractivity contribution < 1.29 is 4.39 Å². The number of hydrogen-bond donors (Lipinski definition) is 1. The van der Waals surface area contributed by atoms with E-state index in [9.17, 15) is 4.39 Å². The van der Waals surface area contributed by atoms with E-state index >= 15 is 0 Å². The van der Waals surface area contributed by atoms with Crippen LogP contribution < -0.4 is 5.73 Å². The molecule has 0 atom stereocenters. The summed E-state index contributed by atoms with van der Waals surface area (Å²) >= 11 is 7.08. The molecule has 0 unspecified atom stereocenters. The van der Waals surface area contributed by atoms with Crippen LogP contribution in [0.25, 0.3) is 0 Å². The molecule has 0 saturated carbocycles. The number of rotatable bonds is 3. The van der Waals surface area contributed by atoms with Gasteiger partial charge in [0.1, 0.15) is 10.8 Å². The predicted molar refractivity (Wildman–Crippen MR) is 69.6 cm³/mol. The Labute approximate surface area is 108 Å². The molecule has 1 aromatic heterocycles. The molecule has 0 aliphatic heterocycles. The van der Waals surface area contributed by atoms with Gasteiger partial charge in [-0.2, -0.15) is 0 Å². The van der Waals surface area contributed by atoms with Gasteiger partial charge < -0.3 is 5.73 Å². The Morgan fingerprint density at radius 2 is 2.18 bits per heavy atom. The highest BCUT2D eigenvalue weighted by molar-refractivity contribution is 7.98. The monoisotopic (exact) mass is 268 g/mol. The van der Waals surface area contributed by atoms with Gasteiger partial charge in [-0.3, -0.25) is 0 Å². The van der Waals surface area contributed by atoms with Gasteiger partial charge in [0.15, 0.2) is 0 Å². The van der Waals surface area contributed by atoms with Gasteiger partial charge in [-0.15, -0.1) is 0 Å². The second-order valence-electron chi connectivity index (χ2n) is 3.43. The average Bonchev–Trinajstić information content (AvgIpc) is 2.32. The maximum atomic E-state index is 13.2. The highest BCUT2D eigenvalue weighted by atomic mass is 35.5. The lowest BCUT2D eigenvalue weighted by Gasteiger charge is -2.04. The van der Waals surface area contributed by atoms with Crippen LogP contribution in [0.4, 0.5) is 10.1 Å². The molecule has 1 aromatic carbocycles. The van der Waals surface area contributed by atoms with E-state index in [2.05, 4.69) is 4.98 Å². The zero-order valence-corrected chi connectivity index (χ0v) is 10.4. The van der Waals surface area contributed by atoms with Gasteiger partial charge in [0.25, 0.3) is 0 Å². The van der Waals surface area contributed by atoms with E-state index < -0.39 is 5.82 Å². The highest BCUT2D eigenvalue weighted by Crippen LogP contribution is 2.26. The molecule has 2 aromatic rings. The largest absolute Gasteiger partial charge is 0.397 e. The van der Waals surface area contributed by atoms with Crippen molar-refractivity contribution in [3.8, 4) is 0 Å². The summed E-state index contributed by atoms with van der Waals surface area (Å²) in [5.74, 6) is 0.203. The number of aromatic nitrogens is 1. The summed E-state index contributed by atoms with van der Waals surface area (Å²) in [6, 6.07) is 8.33. The topological polar surface area (TPSA) is 38.9 Å². The summed E-state index contributed by atoms with van der Waals surface area (Å²) in [6.07, 6.45) is 1.68. The lowest BCUT2D eigenvalue weighted by atomic mass is 10.2. The first-order valence-corrected chi connectivity index (χ1v) is 6.30. The Hall–Kier alpha value is -1.26. The van der Waals surface area contributed by atoms with Crippen LogP contribution in [0.15, 0.2) is 41.6 Å². The van der Waals surface area contributed by atoms with Crippen LogP contribution in [0.2, 0.25) is 5.02 Å². The van der Waals surface area contributed by atoms with Crippen molar-refractivity contribution in [1.82, 2.24) is 4.98 Å². The molecule has 17 heavy (non-hydrogen) atoms. The zero-order chi connectivity index (χ0) is 12.3. The van der Waals surface area contributed by atoms with Crippen LogP contribution in [0.1, 0.15) is 5.56 Å². The third kappa shape index (κ3) is 3.11. The van der Waals surface area contributed by atoms with Gasteiger partial charge in [0, 0.05) is 11.9 Å². The first kappa shape index (κ1) is 12.2. The lowest BCUT2D eigenvalue weighted by molar-refractivity contribution is 0.627. The van der Waals surface area contributed by atoms with Crippen molar-refractivity contribution in [3.05, 3.63) is 52.9 Å².